The van der Waals surface area contributed by atoms with Gasteiger partial charge in [0, 0.05) is 5.56 Å². The molecule has 2 aromatic carbocycles. The van der Waals surface area contributed by atoms with Crippen molar-refractivity contribution in [3.63, 3.8) is 0 Å². The van der Waals surface area contributed by atoms with Crippen molar-refractivity contribution in [3.05, 3.63) is 53.8 Å². The van der Waals surface area contributed by atoms with Gasteiger partial charge in [-0.3, -0.25) is 0 Å². The van der Waals surface area contributed by atoms with E-state index in [0.717, 1.165) is 0 Å². The second kappa shape index (κ2) is 6.86. The highest BCUT2D eigenvalue weighted by molar-refractivity contribution is 7.80. The third-order valence-corrected chi connectivity index (χ3v) is 3.00. The molecule has 0 aliphatic carbocycles. The third-order valence-electron chi connectivity index (χ3n) is 2.83. The Bertz CT molecular complexity index is 704. The van der Waals surface area contributed by atoms with Gasteiger partial charge in [-0.25, -0.2) is 9.40 Å². The molecule has 0 unspecified atom stereocenters. The number of anilines is 1. The lowest BCUT2D eigenvalue weighted by atomic mass is 10.2. The summed E-state index contributed by atoms with van der Waals surface area (Å²) in [7, 11) is 1.52. The minimum Gasteiger partial charge on any atom is -0.507 e. The molecule has 2 rings (SSSR count). The van der Waals surface area contributed by atoms with Gasteiger partial charge in [-0.15, -0.1) is 0 Å². The van der Waals surface area contributed by atoms with Crippen LogP contribution in [0.25, 0.3) is 0 Å². The zero-order valence-corrected chi connectivity index (χ0v) is 12.5. The Balaban J connectivity index is 2.32. The summed E-state index contributed by atoms with van der Waals surface area (Å²) in [6, 6.07) is 10.3. The van der Waals surface area contributed by atoms with Crippen molar-refractivity contribution in [1.29, 1.82) is 0 Å². The number of nitrogens with two attached hydrogens (primary N) is 1. The number of nitrogens with zero attached hydrogens (tertiary/aromatic N) is 2. The molecule has 0 fully saturated rings. The first-order chi connectivity index (χ1) is 10.5. The average Bonchev–Trinajstić information content (AvgIpc) is 2.50. The van der Waals surface area contributed by atoms with Gasteiger partial charge in [0.2, 0.25) is 0 Å². The summed E-state index contributed by atoms with van der Waals surface area (Å²) in [5, 5.41) is 15.2. The topological polar surface area (TPSA) is 71.1 Å². The minimum atomic E-state index is -0.374. The zero-order valence-electron chi connectivity index (χ0n) is 11.7. The number of phenolic OH excluding ortho intramolecular Hbond substituents is 1. The first kappa shape index (κ1) is 15.7. The van der Waals surface area contributed by atoms with Gasteiger partial charge in [-0.05, 0) is 54.7 Å². The maximum atomic E-state index is 13.0. The standard InChI is InChI=1S/C15H14FN3O2S/c1-21-13-6-7-14(20)10(8-13)9-18-19(15(17)22)12-4-2-11(16)3-5-12/h2-9,20H,1H3,(H2,17,22). The molecule has 5 nitrogen and oxygen atoms in total. The summed E-state index contributed by atoms with van der Waals surface area (Å²) < 4.78 is 18.1. The van der Waals surface area contributed by atoms with Gasteiger partial charge < -0.3 is 15.6 Å². The van der Waals surface area contributed by atoms with E-state index in [1.165, 1.54) is 48.7 Å². The Hall–Kier alpha value is -2.67. The van der Waals surface area contributed by atoms with Gasteiger partial charge in [0.25, 0.3) is 0 Å². The van der Waals surface area contributed by atoms with E-state index in [1.54, 1.807) is 12.1 Å². The Labute approximate surface area is 132 Å². The molecule has 7 heteroatoms. The number of halogens is 1. The van der Waals surface area contributed by atoms with Gasteiger partial charge >= 0.3 is 0 Å². The molecule has 0 amide bonds. The minimum absolute atomic E-state index is 0.00903. The van der Waals surface area contributed by atoms with E-state index in [-0.39, 0.29) is 16.7 Å². The second-order valence-corrected chi connectivity index (χ2v) is 4.71. The lowest BCUT2D eigenvalue weighted by Crippen LogP contribution is -2.30. The van der Waals surface area contributed by atoms with Gasteiger partial charge in [-0.1, -0.05) is 0 Å². The summed E-state index contributed by atoms with van der Waals surface area (Å²) in [5.74, 6) is 0.232. The quantitative estimate of drug-likeness (QED) is 0.515. The van der Waals surface area contributed by atoms with Crippen molar-refractivity contribution in [1.82, 2.24) is 0 Å². The number of hydrogen-bond donors (Lipinski definition) is 2. The number of ether oxygens (including phenoxy) is 1. The molecule has 0 bridgehead atoms. The molecule has 0 saturated heterocycles. The molecule has 0 saturated carbocycles. The smallest absolute Gasteiger partial charge is 0.191 e. The SMILES string of the molecule is COc1ccc(O)c(C=NN(C(N)=S)c2ccc(F)cc2)c1. The van der Waals surface area contributed by atoms with Crippen molar-refractivity contribution in [3.8, 4) is 11.5 Å². The summed E-state index contributed by atoms with van der Waals surface area (Å²) in [6.07, 6.45) is 1.39. The Kier molecular flexibility index (Phi) is 4.90. The summed E-state index contributed by atoms with van der Waals surface area (Å²) in [5.41, 5.74) is 6.57. The first-order valence-electron chi connectivity index (χ1n) is 6.27. The largest absolute Gasteiger partial charge is 0.507 e. The van der Waals surface area contributed by atoms with E-state index in [1.807, 2.05) is 0 Å². The van der Waals surface area contributed by atoms with Crippen LogP contribution in [0.5, 0.6) is 11.5 Å². The fourth-order valence-electron chi connectivity index (χ4n) is 1.72. The molecule has 0 radical (unpaired) electrons. The predicted molar refractivity (Wildman–Crippen MR) is 87.9 cm³/mol. The van der Waals surface area contributed by atoms with Crippen LogP contribution in [0.15, 0.2) is 47.6 Å². The van der Waals surface area contributed by atoms with Crippen LogP contribution in [0.1, 0.15) is 5.56 Å². The zero-order chi connectivity index (χ0) is 16.1. The highest BCUT2D eigenvalue weighted by atomic mass is 32.1. The van der Waals surface area contributed by atoms with Crippen LogP contribution in [0.2, 0.25) is 0 Å². The molecular formula is C15H14FN3O2S. The predicted octanol–water partition coefficient (Wildman–Crippen LogP) is 2.62. The van der Waals surface area contributed by atoms with Crippen LogP contribution in [0, 0.1) is 5.82 Å². The summed E-state index contributed by atoms with van der Waals surface area (Å²) in [4.78, 5) is 0. The van der Waals surface area contributed by atoms with Gasteiger partial charge in [0.15, 0.2) is 5.11 Å². The van der Waals surface area contributed by atoms with E-state index < -0.39 is 0 Å². The first-order valence-corrected chi connectivity index (χ1v) is 6.68. The third kappa shape index (κ3) is 3.70. The van der Waals surface area contributed by atoms with Crippen molar-refractivity contribution >= 4 is 29.2 Å². The van der Waals surface area contributed by atoms with Gasteiger partial charge in [0.05, 0.1) is 19.0 Å². The highest BCUT2D eigenvalue weighted by Gasteiger charge is 2.08. The van der Waals surface area contributed by atoms with E-state index in [9.17, 15) is 9.50 Å². The number of methoxy groups -OCH3 is 1. The van der Waals surface area contributed by atoms with Crippen LogP contribution in [0.4, 0.5) is 10.1 Å². The van der Waals surface area contributed by atoms with Crippen LogP contribution >= 0.6 is 12.2 Å². The Morgan fingerprint density at radius 2 is 2.00 bits per heavy atom. The van der Waals surface area contributed by atoms with Crippen LogP contribution in [-0.2, 0) is 0 Å². The molecule has 3 N–H and O–H groups in total. The molecule has 0 aliphatic rings. The van der Waals surface area contributed by atoms with Crippen molar-refractivity contribution < 1.29 is 14.2 Å². The fraction of sp³-hybridized carbons (Fsp3) is 0.0667. The molecule has 2 aromatic rings. The van der Waals surface area contributed by atoms with E-state index >= 15 is 0 Å². The normalized spacial score (nSPS) is 10.6. The van der Waals surface area contributed by atoms with E-state index in [2.05, 4.69) is 5.10 Å². The monoisotopic (exact) mass is 319 g/mol. The fourth-order valence-corrected chi connectivity index (χ4v) is 1.87. The number of hydrazone groups is 1. The van der Waals surface area contributed by atoms with Gasteiger partial charge in [0.1, 0.15) is 17.3 Å². The molecule has 0 aliphatic heterocycles. The number of hydrogen-bond acceptors (Lipinski definition) is 4. The molecule has 0 spiro atoms. The molecule has 0 atom stereocenters. The maximum absolute atomic E-state index is 13.0. The second-order valence-electron chi connectivity index (χ2n) is 4.30. The number of thiocarbonyl (C=S) groups is 1. The van der Waals surface area contributed by atoms with E-state index in [4.69, 9.17) is 22.7 Å². The Morgan fingerprint density at radius 3 is 2.59 bits per heavy atom. The number of aromatic hydroxyl groups is 1. The summed E-state index contributed by atoms with van der Waals surface area (Å²) in [6.45, 7) is 0. The molecule has 0 aromatic heterocycles. The van der Waals surface area contributed by atoms with Crippen LogP contribution in [0.3, 0.4) is 0 Å². The molecule has 22 heavy (non-hydrogen) atoms. The van der Waals surface area contributed by atoms with Crippen molar-refractivity contribution in [2.45, 2.75) is 0 Å². The number of phenols is 1. The van der Waals surface area contributed by atoms with Crippen molar-refractivity contribution in [2.75, 3.05) is 12.1 Å². The van der Waals surface area contributed by atoms with E-state index in [0.29, 0.717) is 17.0 Å². The van der Waals surface area contributed by atoms with Crippen molar-refractivity contribution in [2.24, 2.45) is 10.8 Å². The summed E-state index contributed by atoms with van der Waals surface area (Å²) >= 11 is 4.94. The van der Waals surface area contributed by atoms with Crippen LogP contribution < -0.4 is 15.5 Å². The molecule has 0 heterocycles. The maximum Gasteiger partial charge on any atom is 0.191 e. The number of benzene rings is 2. The lowest BCUT2D eigenvalue weighted by Gasteiger charge is -2.16. The Morgan fingerprint density at radius 1 is 1.32 bits per heavy atom. The van der Waals surface area contributed by atoms with Crippen LogP contribution in [-0.4, -0.2) is 23.5 Å². The van der Waals surface area contributed by atoms with Gasteiger partial charge in [-0.2, -0.15) is 5.10 Å². The highest BCUT2D eigenvalue weighted by Crippen LogP contribution is 2.22. The molecular weight excluding hydrogens is 305 g/mol. The average molecular weight is 319 g/mol. The number of rotatable bonds is 4. The lowest BCUT2D eigenvalue weighted by molar-refractivity contribution is 0.412. The molecule has 114 valence electrons.